The first-order valence-corrected chi connectivity index (χ1v) is 11.9. The van der Waals surface area contributed by atoms with Crippen molar-refractivity contribution in [3.05, 3.63) is 47.5 Å². The van der Waals surface area contributed by atoms with E-state index in [4.69, 9.17) is 21.1 Å². The van der Waals surface area contributed by atoms with Gasteiger partial charge in [-0.3, -0.25) is 4.79 Å². The van der Waals surface area contributed by atoms with Gasteiger partial charge in [-0.05, 0) is 36.6 Å². The Labute approximate surface area is 179 Å². The third kappa shape index (κ3) is 5.43. The summed E-state index contributed by atoms with van der Waals surface area (Å²) >= 11 is 7.53. The first-order valence-electron chi connectivity index (χ1n) is 8.85. The van der Waals surface area contributed by atoms with E-state index >= 15 is 0 Å². The monoisotopic (exact) mass is 456 g/mol. The van der Waals surface area contributed by atoms with Crippen LogP contribution in [0.2, 0.25) is 5.02 Å². The van der Waals surface area contributed by atoms with Gasteiger partial charge in [-0.1, -0.05) is 23.7 Å². The summed E-state index contributed by atoms with van der Waals surface area (Å²) in [4.78, 5) is 13.2. The van der Waals surface area contributed by atoms with Crippen molar-refractivity contribution >= 4 is 45.0 Å². The highest BCUT2D eigenvalue weighted by molar-refractivity contribution is 7.98. The van der Waals surface area contributed by atoms with Crippen LogP contribution in [0.4, 0.5) is 5.69 Å². The van der Waals surface area contributed by atoms with Crippen molar-refractivity contribution in [3.8, 4) is 5.75 Å². The number of nitrogens with zero attached hydrogens (tertiary/aromatic N) is 1. The number of rotatable bonds is 7. The fourth-order valence-electron chi connectivity index (χ4n) is 2.81. The van der Waals surface area contributed by atoms with Crippen molar-refractivity contribution in [2.24, 2.45) is 0 Å². The van der Waals surface area contributed by atoms with Crippen LogP contribution < -0.4 is 10.1 Å². The van der Waals surface area contributed by atoms with E-state index in [9.17, 15) is 13.2 Å². The third-order valence-corrected chi connectivity index (χ3v) is 7.18. The molecule has 3 rings (SSSR count). The number of para-hydroxylation sites is 1. The highest BCUT2D eigenvalue weighted by Crippen LogP contribution is 2.30. The molecule has 1 heterocycles. The molecular weight excluding hydrogens is 436 g/mol. The molecule has 10 heteroatoms. The Morgan fingerprint density at radius 1 is 1.24 bits per heavy atom. The van der Waals surface area contributed by atoms with E-state index < -0.39 is 15.9 Å². The van der Waals surface area contributed by atoms with Gasteiger partial charge in [0.1, 0.15) is 10.6 Å². The number of hydrogen-bond donors (Lipinski definition) is 1. The standard InChI is InChI=1S/C19H21ClN2O5S2/c1-28-17-5-3-2-4-15(17)21-19(23)13-27-16-7-6-14(20)12-18(16)29(24,25)22-8-10-26-11-9-22/h2-7,12H,8-11,13H2,1H3,(H,21,23). The highest BCUT2D eigenvalue weighted by atomic mass is 35.5. The summed E-state index contributed by atoms with van der Waals surface area (Å²) in [5.41, 5.74) is 0.672. The Bertz CT molecular complexity index is 978. The molecule has 2 aromatic rings. The van der Waals surface area contributed by atoms with E-state index in [0.717, 1.165) is 4.90 Å². The molecular formula is C19H21ClN2O5S2. The van der Waals surface area contributed by atoms with Crippen molar-refractivity contribution < 1.29 is 22.7 Å². The quantitative estimate of drug-likeness (QED) is 0.644. The number of hydrogen-bond acceptors (Lipinski definition) is 6. The molecule has 0 unspecified atom stereocenters. The number of thioether (sulfide) groups is 1. The van der Waals surface area contributed by atoms with E-state index in [0.29, 0.717) is 18.9 Å². The molecule has 1 amide bonds. The number of carbonyl (C=O) groups excluding carboxylic acids is 1. The predicted octanol–water partition coefficient (Wildman–Crippen LogP) is 3.10. The summed E-state index contributed by atoms with van der Waals surface area (Å²) in [5.74, 6) is -0.314. The van der Waals surface area contributed by atoms with Gasteiger partial charge in [-0.2, -0.15) is 4.31 Å². The van der Waals surface area contributed by atoms with Crippen LogP contribution in [0.1, 0.15) is 0 Å². The topological polar surface area (TPSA) is 84.9 Å². The van der Waals surface area contributed by atoms with Gasteiger partial charge < -0.3 is 14.8 Å². The van der Waals surface area contributed by atoms with Crippen LogP contribution in [0, 0.1) is 0 Å². The number of benzene rings is 2. The van der Waals surface area contributed by atoms with Crippen LogP contribution in [-0.4, -0.2) is 57.8 Å². The van der Waals surface area contributed by atoms with Gasteiger partial charge in [0, 0.05) is 23.0 Å². The van der Waals surface area contributed by atoms with Crippen LogP contribution in [-0.2, 0) is 19.6 Å². The molecule has 0 atom stereocenters. The zero-order chi connectivity index (χ0) is 20.9. The van der Waals surface area contributed by atoms with Crippen molar-refractivity contribution in [1.29, 1.82) is 0 Å². The molecule has 0 spiro atoms. The minimum atomic E-state index is -3.82. The molecule has 1 aliphatic rings. The average molecular weight is 457 g/mol. The van der Waals surface area contributed by atoms with Crippen LogP contribution in [0.3, 0.4) is 0 Å². The number of anilines is 1. The summed E-state index contributed by atoms with van der Waals surface area (Å²) in [7, 11) is -3.82. The second kappa shape index (κ2) is 9.82. The Morgan fingerprint density at radius 3 is 2.69 bits per heavy atom. The van der Waals surface area contributed by atoms with E-state index in [2.05, 4.69) is 5.32 Å². The molecule has 0 aliphatic carbocycles. The summed E-state index contributed by atoms with van der Waals surface area (Å²) in [6, 6.07) is 11.7. The maximum atomic E-state index is 13.0. The molecule has 0 saturated carbocycles. The van der Waals surface area contributed by atoms with Gasteiger partial charge in [-0.15, -0.1) is 11.8 Å². The Morgan fingerprint density at radius 2 is 1.97 bits per heavy atom. The summed E-state index contributed by atoms with van der Waals surface area (Å²) in [5, 5.41) is 3.04. The second-order valence-electron chi connectivity index (χ2n) is 6.14. The molecule has 29 heavy (non-hydrogen) atoms. The lowest BCUT2D eigenvalue weighted by Crippen LogP contribution is -2.40. The van der Waals surface area contributed by atoms with Crippen molar-refractivity contribution in [3.63, 3.8) is 0 Å². The van der Waals surface area contributed by atoms with Crippen LogP contribution in [0.5, 0.6) is 5.75 Å². The number of nitrogens with one attached hydrogen (secondary N) is 1. The maximum Gasteiger partial charge on any atom is 0.262 e. The molecule has 156 valence electrons. The lowest BCUT2D eigenvalue weighted by atomic mass is 10.3. The fourth-order valence-corrected chi connectivity index (χ4v) is 5.16. The first-order chi connectivity index (χ1) is 13.9. The Balaban J connectivity index is 1.75. The molecule has 7 nitrogen and oxygen atoms in total. The molecule has 0 bridgehead atoms. The highest BCUT2D eigenvalue weighted by Gasteiger charge is 2.29. The van der Waals surface area contributed by atoms with Gasteiger partial charge in [0.2, 0.25) is 10.0 Å². The molecule has 2 aromatic carbocycles. The summed E-state index contributed by atoms with van der Waals surface area (Å²) < 4.78 is 38.1. The number of morpholine rings is 1. The lowest BCUT2D eigenvalue weighted by Gasteiger charge is -2.26. The van der Waals surface area contributed by atoms with Crippen molar-refractivity contribution in [2.75, 3.05) is 44.5 Å². The maximum absolute atomic E-state index is 13.0. The largest absolute Gasteiger partial charge is 0.482 e. The van der Waals surface area contributed by atoms with Crippen LogP contribution >= 0.6 is 23.4 Å². The predicted molar refractivity (Wildman–Crippen MR) is 113 cm³/mol. The molecule has 1 fully saturated rings. The molecule has 1 N–H and O–H groups in total. The molecule has 1 saturated heterocycles. The fraction of sp³-hybridized carbons (Fsp3) is 0.316. The number of ether oxygens (including phenoxy) is 2. The van der Waals surface area contributed by atoms with E-state index in [-0.39, 0.29) is 35.4 Å². The van der Waals surface area contributed by atoms with Gasteiger partial charge in [0.05, 0.1) is 18.9 Å². The normalized spacial score (nSPS) is 15.1. The zero-order valence-corrected chi connectivity index (χ0v) is 18.1. The Kier molecular flexibility index (Phi) is 7.42. The van der Waals surface area contributed by atoms with Crippen molar-refractivity contribution in [1.82, 2.24) is 4.31 Å². The van der Waals surface area contributed by atoms with Crippen LogP contribution in [0.25, 0.3) is 0 Å². The number of sulfonamides is 1. The number of carbonyl (C=O) groups is 1. The average Bonchev–Trinajstić information content (AvgIpc) is 2.74. The first kappa shape index (κ1) is 21.9. The smallest absolute Gasteiger partial charge is 0.262 e. The zero-order valence-electron chi connectivity index (χ0n) is 15.8. The minimum absolute atomic E-state index is 0.0655. The van der Waals surface area contributed by atoms with Gasteiger partial charge >= 0.3 is 0 Å². The summed E-state index contributed by atoms with van der Waals surface area (Å²) in [6.07, 6.45) is 1.91. The van der Waals surface area contributed by atoms with Crippen LogP contribution in [0.15, 0.2) is 52.3 Å². The van der Waals surface area contributed by atoms with Gasteiger partial charge in [0.15, 0.2) is 6.61 Å². The van der Waals surface area contributed by atoms with Gasteiger partial charge in [-0.25, -0.2) is 8.42 Å². The second-order valence-corrected chi connectivity index (χ2v) is 9.34. The number of amides is 1. The lowest BCUT2D eigenvalue weighted by molar-refractivity contribution is -0.118. The minimum Gasteiger partial charge on any atom is -0.482 e. The Hall–Kier alpha value is -1.78. The third-order valence-electron chi connectivity index (χ3n) is 4.23. The van der Waals surface area contributed by atoms with Gasteiger partial charge in [0.25, 0.3) is 5.91 Å². The number of halogens is 1. The molecule has 1 aliphatic heterocycles. The molecule has 0 aromatic heterocycles. The van der Waals surface area contributed by atoms with E-state index in [1.165, 1.54) is 34.3 Å². The molecule has 0 radical (unpaired) electrons. The van der Waals surface area contributed by atoms with E-state index in [1.807, 2.05) is 24.5 Å². The van der Waals surface area contributed by atoms with E-state index in [1.54, 1.807) is 6.07 Å². The summed E-state index contributed by atoms with van der Waals surface area (Å²) in [6.45, 7) is 0.816. The van der Waals surface area contributed by atoms with Crippen molar-refractivity contribution in [2.45, 2.75) is 9.79 Å². The SMILES string of the molecule is CSc1ccccc1NC(=O)COc1ccc(Cl)cc1S(=O)(=O)N1CCOCC1.